The molecule has 1 aromatic carbocycles. The molecule has 0 bridgehead atoms. The molecule has 1 aromatic rings. The number of hydrogen-bond donors (Lipinski definition) is 2. The second-order valence-electron chi connectivity index (χ2n) is 5.44. The maximum Gasteiger partial charge on any atom is 0.251 e. The van der Waals surface area contributed by atoms with Crippen LogP contribution in [0, 0.1) is 6.92 Å². The molecule has 1 amide bonds. The van der Waals surface area contributed by atoms with E-state index in [1.165, 1.54) is 19.1 Å². The van der Waals surface area contributed by atoms with Crippen LogP contribution in [0.1, 0.15) is 29.3 Å². The van der Waals surface area contributed by atoms with Crippen LogP contribution in [0.4, 0.5) is 0 Å². The van der Waals surface area contributed by atoms with Gasteiger partial charge in [-0.2, -0.15) is 0 Å². The van der Waals surface area contributed by atoms with Crippen molar-refractivity contribution >= 4 is 27.5 Å². The van der Waals surface area contributed by atoms with Crippen LogP contribution in [0.15, 0.2) is 17.0 Å². The molecule has 1 aliphatic heterocycles. The summed E-state index contributed by atoms with van der Waals surface area (Å²) >= 11 is 6.00. The minimum Gasteiger partial charge on any atom is -0.379 e. The quantitative estimate of drug-likeness (QED) is 0.869. The number of nitrogens with one attached hydrogen (secondary N) is 1. The predicted octanol–water partition coefficient (Wildman–Crippen LogP) is 1.20. The molecule has 0 saturated carbocycles. The first-order chi connectivity index (χ1) is 9.62. The van der Waals surface area contributed by atoms with Gasteiger partial charge in [0.15, 0.2) is 0 Å². The zero-order valence-electron chi connectivity index (χ0n) is 11.8. The largest absolute Gasteiger partial charge is 0.379 e. The summed E-state index contributed by atoms with van der Waals surface area (Å²) in [4.78, 5) is 12.1. The number of carbonyl (C=O) groups is 1. The molecule has 1 fully saturated rings. The van der Waals surface area contributed by atoms with E-state index in [4.69, 9.17) is 21.5 Å². The summed E-state index contributed by atoms with van der Waals surface area (Å²) in [5.41, 5.74) is 0.0183. The second kappa shape index (κ2) is 5.57. The number of nitrogens with two attached hydrogens (primary N) is 1. The standard InChI is InChI=1S/C13H17ClN2O4S/c1-8-10(14)5-9(6-11(8)21(15,18)19)12(17)16-13(2)3-4-20-7-13/h5-6H,3-4,7H2,1-2H3,(H,16,17)(H2,15,18,19). The average molecular weight is 333 g/mol. The molecule has 0 spiro atoms. The molecular weight excluding hydrogens is 316 g/mol. The van der Waals surface area contributed by atoms with Crippen LogP contribution in [-0.4, -0.2) is 33.1 Å². The fourth-order valence-electron chi connectivity index (χ4n) is 2.19. The molecule has 1 saturated heterocycles. The van der Waals surface area contributed by atoms with E-state index in [1.54, 1.807) is 0 Å². The lowest BCUT2D eigenvalue weighted by molar-refractivity contribution is 0.0889. The second-order valence-corrected chi connectivity index (χ2v) is 7.38. The molecular formula is C13H17ClN2O4S. The van der Waals surface area contributed by atoms with E-state index >= 15 is 0 Å². The van der Waals surface area contributed by atoms with Crippen molar-refractivity contribution in [2.45, 2.75) is 30.7 Å². The molecule has 3 N–H and O–H groups in total. The highest BCUT2D eigenvalue weighted by molar-refractivity contribution is 7.89. The summed E-state index contributed by atoms with van der Waals surface area (Å²) in [5.74, 6) is -0.408. The van der Waals surface area contributed by atoms with Crippen LogP contribution in [0.2, 0.25) is 5.02 Å². The van der Waals surface area contributed by atoms with E-state index in [0.717, 1.165) is 0 Å². The third-order valence-corrected chi connectivity index (χ3v) is 4.93. The molecule has 0 aromatic heterocycles. The van der Waals surface area contributed by atoms with Gasteiger partial charge in [-0.25, -0.2) is 13.6 Å². The van der Waals surface area contributed by atoms with Gasteiger partial charge in [-0.1, -0.05) is 11.6 Å². The Balaban J connectivity index is 2.36. The number of benzene rings is 1. The number of sulfonamides is 1. The molecule has 1 aliphatic rings. The van der Waals surface area contributed by atoms with E-state index < -0.39 is 21.5 Å². The number of primary sulfonamides is 1. The van der Waals surface area contributed by atoms with Crippen LogP contribution < -0.4 is 10.5 Å². The summed E-state index contributed by atoms with van der Waals surface area (Å²) in [6.07, 6.45) is 0.695. The van der Waals surface area contributed by atoms with Gasteiger partial charge in [-0.3, -0.25) is 4.79 Å². The van der Waals surface area contributed by atoms with Crippen molar-refractivity contribution in [3.63, 3.8) is 0 Å². The Bertz CT molecular complexity index is 682. The maximum atomic E-state index is 12.3. The van der Waals surface area contributed by atoms with Gasteiger partial charge in [0.05, 0.1) is 17.0 Å². The van der Waals surface area contributed by atoms with Gasteiger partial charge in [-0.05, 0) is 38.0 Å². The normalized spacial score (nSPS) is 22.3. The van der Waals surface area contributed by atoms with Gasteiger partial charge in [0, 0.05) is 17.2 Å². The lowest BCUT2D eigenvalue weighted by atomic mass is 10.0. The molecule has 2 rings (SSSR count). The van der Waals surface area contributed by atoms with Gasteiger partial charge >= 0.3 is 0 Å². The third kappa shape index (κ3) is 3.55. The van der Waals surface area contributed by atoms with Crippen LogP contribution in [0.5, 0.6) is 0 Å². The molecule has 0 aliphatic carbocycles. The van der Waals surface area contributed by atoms with Crippen molar-refractivity contribution in [1.82, 2.24) is 5.32 Å². The molecule has 1 atom stereocenters. The Morgan fingerprint density at radius 3 is 2.67 bits per heavy atom. The monoisotopic (exact) mass is 332 g/mol. The minimum absolute atomic E-state index is 0.145. The van der Waals surface area contributed by atoms with E-state index in [1.807, 2.05) is 6.92 Å². The third-order valence-electron chi connectivity index (χ3n) is 3.50. The molecule has 1 unspecified atom stereocenters. The SMILES string of the molecule is Cc1c(Cl)cc(C(=O)NC2(C)CCOC2)cc1S(N)(=O)=O. The average Bonchev–Trinajstić information content (AvgIpc) is 2.77. The summed E-state index contributed by atoms with van der Waals surface area (Å²) in [7, 11) is -3.94. The Morgan fingerprint density at radius 2 is 2.14 bits per heavy atom. The van der Waals surface area contributed by atoms with E-state index in [-0.39, 0.29) is 15.5 Å². The number of carbonyl (C=O) groups excluding carboxylic acids is 1. The van der Waals surface area contributed by atoms with Crippen molar-refractivity contribution in [2.24, 2.45) is 5.14 Å². The number of hydrogen-bond acceptors (Lipinski definition) is 4. The number of halogens is 1. The van der Waals surface area contributed by atoms with E-state index in [2.05, 4.69) is 5.32 Å². The summed E-state index contributed by atoms with van der Waals surface area (Å²) < 4.78 is 28.4. The highest BCUT2D eigenvalue weighted by Gasteiger charge is 2.32. The first kappa shape index (κ1) is 16.2. The van der Waals surface area contributed by atoms with Crippen molar-refractivity contribution in [3.8, 4) is 0 Å². The van der Waals surface area contributed by atoms with Crippen molar-refractivity contribution < 1.29 is 17.9 Å². The molecule has 8 heteroatoms. The van der Waals surface area contributed by atoms with Crippen LogP contribution >= 0.6 is 11.6 Å². The summed E-state index contributed by atoms with van der Waals surface area (Å²) in [6.45, 7) is 4.40. The summed E-state index contributed by atoms with van der Waals surface area (Å²) in [5, 5.41) is 8.17. The van der Waals surface area contributed by atoms with Crippen LogP contribution in [-0.2, 0) is 14.8 Å². The number of rotatable bonds is 3. The topological polar surface area (TPSA) is 98.5 Å². The first-order valence-electron chi connectivity index (χ1n) is 6.36. The Hall–Kier alpha value is -1.15. The zero-order valence-corrected chi connectivity index (χ0v) is 13.3. The number of amides is 1. The Kier molecular flexibility index (Phi) is 4.30. The van der Waals surface area contributed by atoms with E-state index in [9.17, 15) is 13.2 Å². The molecule has 21 heavy (non-hydrogen) atoms. The smallest absolute Gasteiger partial charge is 0.251 e. The number of ether oxygens (including phenoxy) is 1. The van der Waals surface area contributed by atoms with Crippen LogP contribution in [0.3, 0.4) is 0 Å². The summed E-state index contributed by atoms with van der Waals surface area (Å²) in [6, 6.07) is 2.67. The van der Waals surface area contributed by atoms with Crippen molar-refractivity contribution in [3.05, 3.63) is 28.3 Å². The predicted molar refractivity (Wildman–Crippen MR) is 78.9 cm³/mol. The zero-order chi connectivity index (χ0) is 15.8. The maximum absolute atomic E-state index is 12.3. The van der Waals surface area contributed by atoms with Crippen molar-refractivity contribution in [1.29, 1.82) is 0 Å². The molecule has 1 heterocycles. The van der Waals surface area contributed by atoms with E-state index in [0.29, 0.717) is 25.2 Å². The van der Waals surface area contributed by atoms with Crippen LogP contribution in [0.25, 0.3) is 0 Å². The Morgan fingerprint density at radius 1 is 1.48 bits per heavy atom. The molecule has 0 radical (unpaired) electrons. The lowest BCUT2D eigenvalue weighted by Crippen LogP contribution is -2.46. The fraction of sp³-hybridized carbons (Fsp3) is 0.462. The van der Waals surface area contributed by atoms with Gasteiger partial charge in [-0.15, -0.1) is 0 Å². The molecule has 6 nitrogen and oxygen atoms in total. The Labute approximate surface area is 128 Å². The fourth-order valence-corrected chi connectivity index (χ4v) is 3.30. The lowest BCUT2D eigenvalue weighted by Gasteiger charge is -2.23. The first-order valence-corrected chi connectivity index (χ1v) is 8.28. The molecule has 116 valence electrons. The van der Waals surface area contributed by atoms with Crippen molar-refractivity contribution in [2.75, 3.05) is 13.2 Å². The van der Waals surface area contributed by atoms with Gasteiger partial charge in [0.2, 0.25) is 10.0 Å². The van der Waals surface area contributed by atoms with Gasteiger partial charge in [0.1, 0.15) is 0 Å². The van der Waals surface area contributed by atoms with Gasteiger partial charge in [0.25, 0.3) is 5.91 Å². The van der Waals surface area contributed by atoms with Gasteiger partial charge < -0.3 is 10.1 Å². The highest BCUT2D eigenvalue weighted by atomic mass is 35.5. The minimum atomic E-state index is -3.94. The highest BCUT2D eigenvalue weighted by Crippen LogP contribution is 2.25.